The van der Waals surface area contributed by atoms with Gasteiger partial charge in [-0.3, -0.25) is 4.79 Å². The van der Waals surface area contributed by atoms with E-state index in [-0.39, 0.29) is 6.10 Å². The topological polar surface area (TPSA) is 78.3 Å². The van der Waals surface area contributed by atoms with E-state index in [4.69, 9.17) is 16.2 Å². The van der Waals surface area contributed by atoms with Gasteiger partial charge in [-0.05, 0) is 43.2 Å². The molecule has 19 heavy (non-hydrogen) atoms. The first-order valence-electron chi connectivity index (χ1n) is 6.81. The molecule has 104 valence electrons. The summed E-state index contributed by atoms with van der Waals surface area (Å²) < 4.78 is 5.99. The molecular formula is C15H22N2O2. The molecule has 1 saturated carbocycles. The van der Waals surface area contributed by atoms with Crippen molar-refractivity contribution in [1.29, 1.82) is 0 Å². The van der Waals surface area contributed by atoms with E-state index in [1.54, 1.807) is 18.2 Å². The third-order valence-electron chi connectivity index (χ3n) is 3.70. The van der Waals surface area contributed by atoms with E-state index in [1.807, 2.05) is 0 Å². The first-order valence-corrected chi connectivity index (χ1v) is 6.81. The Labute approximate surface area is 114 Å². The molecule has 2 atom stereocenters. The molecule has 0 bridgehead atoms. The molecule has 1 amide bonds. The molecule has 2 unspecified atom stereocenters. The van der Waals surface area contributed by atoms with Crippen LogP contribution in [0, 0.1) is 11.8 Å². The highest BCUT2D eigenvalue weighted by Gasteiger charge is 2.26. The van der Waals surface area contributed by atoms with E-state index >= 15 is 0 Å². The Bertz CT molecular complexity index is 463. The summed E-state index contributed by atoms with van der Waals surface area (Å²) >= 11 is 0. The number of carbonyl (C=O) groups excluding carboxylic acids is 1. The third-order valence-corrected chi connectivity index (χ3v) is 3.70. The van der Waals surface area contributed by atoms with Crippen molar-refractivity contribution in [2.75, 3.05) is 5.73 Å². The van der Waals surface area contributed by atoms with Crippen LogP contribution in [0.15, 0.2) is 18.2 Å². The lowest BCUT2D eigenvalue weighted by Crippen LogP contribution is -2.29. The van der Waals surface area contributed by atoms with Gasteiger partial charge in [0.05, 0.1) is 11.7 Å². The quantitative estimate of drug-likeness (QED) is 0.822. The van der Waals surface area contributed by atoms with Gasteiger partial charge in [0.25, 0.3) is 5.91 Å². The van der Waals surface area contributed by atoms with Crippen molar-refractivity contribution in [2.24, 2.45) is 17.6 Å². The van der Waals surface area contributed by atoms with Gasteiger partial charge in [-0.2, -0.15) is 0 Å². The molecule has 1 aromatic carbocycles. The molecule has 0 spiro atoms. The van der Waals surface area contributed by atoms with E-state index in [0.29, 0.717) is 28.8 Å². The standard InChI is InChI=1S/C15H22N2O2/c1-9-5-10(2)7-12(6-9)19-14-8-11(16)3-4-13(14)15(17)18/h3-4,8-10,12H,5-7,16H2,1-2H3,(H2,17,18). The van der Waals surface area contributed by atoms with Crippen LogP contribution in [0.4, 0.5) is 5.69 Å². The Morgan fingerprint density at radius 2 is 1.84 bits per heavy atom. The largest absolute Gasteiger partial charge is 0.489 e. The van der Waals surface area contributed by atoms with Crippen LogP contribution in [0.3, 0.4) is 0 Å². The van der Waals surface area contributed by atoms with Crippen LogP contribution >= 0.6 is 0 Å². The second-order valence-corrected chi connectivity index (χ2v) is 5.78. The molecule has 0 radical (unpaired) electrons. The van der Waals surface area contributed by atoms with Gasteiger partial charge in [0.1, 0.15) is 5.75 Å². The summed E-state index contributed by atoms with van der Waals surface area (Å²) in [4.78, 5) is 11.4. The maximum atomic E-state index is 11.4. The lowest BCUT2D eigenvalue weighted by molar-refractivity contribution is 0.0935. The molecule has 0 aromatic heterocycles. The van der Waals surface area contributed by atoms with Crippen molar-refractivity contribution < 1.29 is 9.53 Å². The zero-order valence-corrected chi connectivity index (χ0v) is 11.6. The van der Waals surface area contributed by atoms with E-state index in [1.165, 1.54) is 6.42 Å². The highest BCUT2D eigenvalue weighted by atomic mass is 16.5. The second-order valence-electron chi connectivity index (χ2n) is 5.78. The Hall–Kier alpha value is -1.71. The fourth-order valence-electron chi connectivity index (χ4n) is 2.99. The first-order chi connectivity index (χ1) is 8.95. The van der Waals surface area contributed by atoms with Gasteiger partial charge >= 0.3 is 0 Å². The molecule has 4 nitrogen and oxygen atoms in total. The second kappa shape index (κ2) is 5.51. The normalized spacial score (nSPS) is 26.9. The minimum atomic E-state index is -0.480. The number of nitrogen functional groups attached to an aromatic ring is 1. The molecule has 4 heteroatoms. The molecule has 2 rings (SSSR count). The van der Waals surface area contributed by atoms with E-state index < -0.39 is 5.91 Å². The highest BCUT2D eigenvalue weighted by molar-refractivity contribution is 5.96. The number of primary amides is 1. The van der Waals surface area contributed by atoms with Gasteiger partial charge in [0.15, 0.2) is 0 Å². The van der Waals surface area contributed by atoms with Crippen LogP contribution in [-0.4, -0.2) is 12.0 Å². The zero-order chi connectivity index (χ0) is 14.0. The van der Waals surface area contributed by atoms with Crippen LogP contribution < -0.4 is 16.2 Å². The van der Waals surface area contributed by atoms with Gasteiger partial charge in [-0.1, -0.05) is 13.8 Å². The summed E-state index contributed by atoms with van der Waals surface area (Å²) in [7, 11) is 0. The number of ether oxygens (including phenoxy) is 1. The van der Waals surface area contributed by atoms with Gasteiger partial charge in [-0.15, -0.1) is 0 Å². The molecule has 0 heterocycles. The van der Waals surface area contributed by atoms with E-state index in [0.717, 1.165) is 12.8 Å². The van der Waals surface area contributed by atoms with Gasteiger partial charge < -0.3 is 16.2 Å². The van der Waals surface area contributed by atoms with E-state index in [2.05, 4.69) is 13.8 Å². The van der Waals surface area contributed by atoms with Crippen molar-refractivity contribution in [3.8, 4) is 5.75 Å². The number of nitrogens with two attached hydrogens (primary N) is 2. The van der Waals surface area contributed by atoms with Crippen molar-refractivity contribution in [3.05, 3.63) is 23.8 Å². The van der Waals surface area contributed by atoms with Crippen molar-refractivity contribution in [3.63, 3.8) is 0 Å². The molecule has 4 N–H and O–H groups in total. The SMILES string of the molecule is CC1CC(C)CC(Oc2cc(N)ccc2C(N)=O)C1. The monoisotopic (exact) mass is 262 g/mol. The van der Waals surface area contributed by atoms with Crippen LogP contribution in [0.25, 0.3) is 0 Å². The molecular weight excluding hydrogens is 240 g/mol. The van der Waals surface area contributed by atoms with Gasteiger partial charge in [-0.25, -0.2) is 0 Å². The number of hydrogen-bond donors (Lipinski definition) is 2. The number of rotatable bonds is 3. The molecule has 1 aromatic rings. The summed E-state index contributed by atoms with van der Waals surface area (Å²) in [6.45, 7) is 4.47. The minimum absolute atomic E-state index is 0.138. The number of carbonyl (C=O) groups is 1. The number of benzene rings is 1. The predicted molar refractivity (Wildman–Crippen MR) is 76.0 cm³/mol. The van der Waals surface area contributed by atoms with Crippen molar-refractivity contribution in [2.45, 2.75) is 39.2 Å². The maximum absolute atomic E-state index is 11.4. The Morgan fingerprint density at radius 1 is 1.21 bits per heavy atom. The lowest BCUT2D eigenvalue weighted by atomic mass is 9.82. The smallest absolute Gasteiger partial charge is 0.252 e. The number of hydrogen-bond acceptors (Lipinski definition) is 3. The maximum Gasteiger partial charge on any atom is 0.252 e. The van der Waals surface area contributed by atoms with Crippen LogP contribution in [0.2, 0.25) is 0 Å². The Balaban J connectivity index is 2.18. The van der Waals surface area contributed by atoms with Crippen LogP contribution in [0.1, 0.15) is 43.5 Å². The fourth-order valence-corrected chi connectivity index (χ4v) is 2.99. The van der Waals surface area contributed by atoms with Crippen molar-refractivity contribution in [1.82, 2.24) is 0 Å². The fraction of sp³-hybridized carbons (Fsp3) is 0.533. The summed E-state index contributed by atoms with van der Waals surface area (Å²) in [5, 5.41) is 0. The lowest BCUT2D eigenvalue weighted by Gasteiger charge is -2.32. The zero-order valence-electron chi connectivity index (χ0n) is 11.6. The summed E-state index contributed by atoms with van der Waals surface area (Å²) in [6.07, 6.45) is 3.40. The van der Waals surface area contributed by atoms with E-state index in [9.17, 15) is 4.79 Å². The average molecular weight is 262 g/mol. The van der Waals surface area contributed by atoms with Gasteiger partial charge in [0.2, 0.25) is 0 Å². The van der Waals surface area contributed by atoms with Gasteiger partial charge in [0, 0.05) is 11.8 Å². The Kier molecular flexibility index (Phi) is 3.98. The average Bonchev–Trinajstić information content (AvgIpc) is 2.26. The van der Waals surface area contributed by atoms with Crippen LogP contribution in [0.5, 0.6) is 5.75 Å². The van der Waals surface area contributed by atoms with Crippen molar-refractivity contribution >= 4 is 11.6 Å². The third kappa shape index (κ3) is 3.40. The summed E-state index contributed by atoms with van der Waals surface area (Å²) in [5.41, 5.74) is 12.1. The first kappa shape index (κ1) is 13.7. The highest BCUT2D eigenvalue weighted by Crippen LogP contribution is 2.32. The summed E-state index contributed by atoms with van der Waals surface area (Å²) in [6, 6.07) is 4.98. The molecule has 0 aliphatic heterocycles. The van der Waals surface area contributed by atoms with Crippen LogP contribution in [-0.2, 0) is 0 Å². The molecule has 1 aliphatic carbocycles. The molecule has 1 fully saturated rings. The summed E-state index contributed by atoms with van der Waals surface area (Å²) in [5.74, 6) is 1.32. The molecule has 0 saturated heterocycles. The number of amides is 1. The number of anilines is 1. The predicted octanol–water partition coefficient (Wildman–Crippen LogP) is 2.57. The Morgan fingerprint density at radius 3 is 2.42 bits per heavy atom. The molecule has 1 aliphatic rings. The minimum Gasteiger partial charge on any atom is -0.489 e.